The van der Waals surface area contributed by atoms with E-state index in [1.807, 2.05) is 49.4 Å². The van der Waals surface area contributed by atoms with Crippen molar-refractivity contribution in [3.05, 3.63) is 162 Å². The number of fused-ring (bicyclic) bond motifs is 3. The molecule has 6 atom stereocenters. The number of hydrogen-bond donors (Lipinski definition) is 2. The number of carbonyl (C=O) groups is 1. The Hall–Kier alpha value is -6.32. The van der Waals surface area contributed by atoms with Crippen molar-refractivity contribution in [3.8, 4) is 23.3 Å². The van der Waals surface area contributed by atoms with Crippen LogP contribution >= 0.6 is 0 Å². The molecule has 5 aromatic rings. The van der Waals surface area contributed by atoms with Gasteiger partial charge in [-0.05, 0) is 133 Å². The molecule has 1 saturated carbocycles. The summed E-state index contributed by atoms with van der Waals surface area (Å²) in [6.45, 7) is 6.55. The first kappa shape index (κ1) is 45.3. The number of aliphatic hydroxyl groups excluding tert-OH is 2. The summed E-state index contributed by atoms with van der Waals surface area (Å²) in [5.41, 5.74) is 3.96. The summed E-state index contributed by atoms with van der Waals surface area (Å²) < 4.78 is 35.6. The van der Waals surface area contributed by atoms with Gasteiger partial charge in [0.1, 0.15) is 35.7 Å². The van der Waals surface area contributed by atoms with Gasteiger partial charge in [-0.25, -0.2) is 4.39 Å². The van der Waals surface area contributed by atoms with E-state index in [0.717, 1.165) is 47.6 Å². The van der Waals surface area contributed by atoms with Gasteiger partial charge < -0.3 is 34.2 Å². The molecule has 2 aliphatic carbocycles. The topological polar surface area (TPSA) is 134 Å². The van der Waals surface area contributed by atoms with Crippen LogP contribution in [0.2, 0.25) is 0 Å². The number of nitriles is 1. The Labute approximate surface area is 380 Å². The standard InChI is InChI=1S/C54H56FN3O7/c1-3-29-62-54-50(58(35-37-17-22-42(55)23-18-37)53(61)39-19-15-36(34-56)16-20-39)33-48(57-63-4-2)46-31-41(13-7-9-27-59)45(14-8-10-28-60)51(52(46)54)47-32-44(25-26-49(47)65-54)64-43-24-21-38-11-5-6-12-40(38)30-43/h3,5-6,11-12,15-26,30-32,41,45,50-52,59-60H,1,4,7-10,13-14,27-29,33,35H2,2H3/t41-,45+,50-,51+,52+,54+/m0/s1. The van der Waals surface area contributed by atoms with Gasteiger partial charge in [0.25, 0.3) is 5.91 Å². The maximum atomic E-state index is 15.2. The number of aliphatic hydroxyl groups is 2. The zero-order valence-electron chi connectivity index (χ0n) is 36.8. The van der Waals surface area contributed by atoms with Crippen molar-refractivity contribution in [3.63, 3.8) is 0 Å². The first-order valence-corrected chi connectivity index (χ1v) is 22.7. The summed E-state index contributed by atoms with van der Waals surface area (Å²) in [7, 11) is 0. The minimum absolute atomic E-state index is 0.00568. The molecule has 11 heteroatoms. The van der Waals surface area contributed by atoms with Crippen molar-refractivity contribution in [1.29, 1.82) is 5.26 Å². The Bertz CT molecular complexity index is 2570. The average molecular weight is 878 g/mol. The molecular formula is C54H56FN3O7. The zero-order chi connectivity index (χ0) is 45.3. The number of nitrogens with zero attached hydrogens (tertiary/aromatic N) is 3. The molecule has 0 aromatic heterocycles. The van der Waals surface area contributed by atoms with Gasteiger partial charge in [-0.15, -0.1) is 6.58 Å². The molecule has 1 fully saturated rings. The van der Waals surface area contributed by atoms with Crippen LogP contribution in [0.25, 0.3) is 10.8 Å². The molecule has 1 aliphatic heterocycles. The molecule has 2 N–H and O–H groups in total. The zero-order valence-corrected chi connectivity index (χ0v) is 36.8. The Morgan fingerprint density at radius 2 is 1.66 bits per heavy atom. The van der Waals surface area contributed by atoms with Gasteiger partial charge in [0, 0.05) is 43.2 Å². The molecule has 0 spiro atoms. The van der Waals surface area contributed by atoms with E-state index in [1.54, 1.807) is 47.4 Å². The number of unbranched alkanes of at least 4 members (excludes halogenated alkanes) is 2. The summed E-state index contributed by atoms with van der Waals surface area (Å²) in [5, 5.41) is 36.6. The Morgan fingerprint density at radius 3 is 2.38 bits per heavy atom. The quantitative estimate of drug-likeness (QED) is 0.0476. The monoisotopic (exact) mass is 877 g/mol. The number of halogens is 1. The molecule has 336 valence electrons. The lowest BCUT2D eigenvalue weighted by Crippen LogP contribution is -2.70. The minimum Gasteiger partial charge on any atom is -0.459 e. The van der Waals surface area contributed by atoms with Gasteiger partial charge in [-0.3, -0.25) is 4.79 Å². The lowest BCUT2D eigenvalue weighted by Gasteiger charge is -2.60. The van der Waals surface area contributed by atoms with Crippen LogP contribution < -0.4 is 9.47 Å². The van der Waals surface area contributed by atoms with Crippen LogP contribution in [0.3, 0.4) is 0 Å². The smallest absolute Gasteiger partial charge is 0.254 e. The molecule has 1 amide bonds. The third-order valence-corrected chi connectivity index (χ3v) is 13.1. The molecule has 3 aliphatic rings. The molecule has 0 radical (unpaired) electrons. The molecule has 1 heterocycles. The van der Waals surface area contributed by atoms with Crippen LogP contribution in [-0.4, -0.2) is 65.0 Å². The third kappa shape index (κ3) is 9.57. The fraction of sp³-hybridized carbons (Fsp3) is 0.352. The van der Waals surface area contributed by atoms with Gasteiger partial charge in [0.15, 0.2) is 0 Å². The highest BCUT2D eigenvalue weighted by Gasteiger charge is 2.65. The number of carbonyl (C=O) groups excluding carboxylic acids is 1. The largest absolute Gasteiger partial charge is 0.459 e. The van der Waals surface area contributed by atoms with E-state index < -0.39 is 23.6 Å². The molecule has 5 aromatic carbocycles. The average Bonchev–Trinajstić information content (AvgIpc) is 3.33. The number of oxime groups is 1. The lowest BCUT2D eigenvalue weighted by molar-refractivity contribution is -0.255. The van der Waals surface area contributed by atoms with E-state index in [2.05, 4.69) is 36.9 Å². The van der Waals surface area contributed by atoms with Crippen LogP contribution in [0.4, 0.5) is 4.39 Å². The van der Waals surface area contributed by atoms with Crippen LogP contribution in [0.15, 0.2) is 139 Å². The highest BCUT2D eigenvalue weighted by atomic mass is 19.1. The van der Waals surface area contributed by atoms with Gasteiger partial charge in [0.05, 0.1) is 29.9 Å². The number of benzene rings is 5. The fourth-order valence-corrected chi connectivity index (χ4v) is 10.2. The van der Waals surface area contributed by atoms with Gasteiger partial charge in [-0.2, -0.15) is 5.26 Å². The van der Waals surface area contributed by atoms with E-state index in [-0.39, 0.29) is 56.4 Å². The van der Waals surface area contributed by atoms with E-state index in [0.29, 0.717) is 59.1 Å². The number of amides is 1. The summed E-state index contributed by atoms with van der Waals surface area (Å²) >= 11 is 0. The van der Waals surface area contributed by atoms with Crippen molar-refractivity contribution in [2.75, 3.05) is 26.4 Å². The molecule has 10 nitrogen and oxygen atoms in total. The normalized spacial score (nSPS) is 22.5. The van der Waals surface area contributed by atoms with Gasteiger partial charge in [-0.1, -0.05) is 72.6 Å². The Kier molecular flexibility index (Phi) is 14.4. The lowest BCUT2D eigenvalue weighted by atomic mass is 9.55. The maximum Gasteiger partial charge on any atom is 0.254 e. The number of hydrogen-bond acceptors (Lipinski definition) is 9. The van der Waals surface area contributed by atoms with Crippen molar-refractivity contribution < 1.29 is 38.4 Å². The maximum absolute atomic E-state index is 15.2. The minimum atomic E-state index is -1.52. The first-order chi connectivity index (χ1) is 31.8. The number of allylic oxidation sites excluding steroid dienone is 1. The molecule has 0 bridgehead atoms. The fourth-order valence-electron chi connectivity index (χ4n) is 10.2. The Morgan fingerprint density at radius 1 is 0.938 bits per heavy atom. The second-order valence-electron chi connectivity index (χ2n) is 17.1. The Balaban J connectivity index is 1.34. The van der Waals surface area contributed by atoms with Gasteiger partial charge >= 0.3 is 0 Å². The van der Waals surface area contributed by atoms with E-state index in [4.69, 9.17) is 24.2 Å². The second-order valence-corrected chi connectivity index (χ2v) is 17.1. The first-order valence-electron chi connectivity index (χ1n) is 22.7. The molecule has 65 heavy (non-hydrogen) atoms. The van der Waals surface area contributed by atoms with E-state index in [9.17, 15) is 19.9 Å². The van der Waals surface area contributed by atoms with Crippen molar-refractivity contribution in [1.82, 2.24) is 4.90 Å². The predicted octanol–water partition coefficient (Wildman–Crippen LogP) is 10.6. The summed E-state index contributed by atoms with van der Waals surface area (Å²) in [5.74, 6) is -1.10. The highest BCUT2D eigenvalue weighted by Crippen LogP contribution is 2.62. The van der Waals surface area contributed by atoms with Crippen LogP contribution in [-0.2, 0) is 16.1 Å². The third-order valence-electron chi connectivity index (χ3n) is 13.1. The van der Waals surface area contributed by atoms with Crippen molar-refractivity contribution in [2.24, 2.45) is 22.9 Å². The summed E-state index contributed by atoms with van der Waals surface area (Å²) in [6, 6.07) is 34.0. The number of rotatable bonds is 19. The molecular weight excluding hydrogens is 822 g/mol. The van der Waals surface area contributed by atoms with Crippen LogP contribution in [0.5, 0.6) is 17.2 Å². The van der Waals surface area contributed by atoms with E-state index in [1.165, 1.54) is 12.1 Å². The molecule has 8 rings (SSSR count). The van der Waals surface area contributed by atoms with Gasteiger partial charge in [0.2, 0.25) is 5.79 Å². The van der Waals surface area contributed by atoms with Crippen LogP contribution in [0, 0.1) is 34.9 Å². The SMILES string of the molecule is C=CCO[C@@]12Oc3ccc(Oc4ccc5ccccc5c4)cc3[C@H]3[C@H](CCCCO)[C@@H](CCCCO)C=C(C(=NOCC)C[C@@H]1N(Cc1ccc(F)cc1)C(=O)c1ccc(C#N)cc1)[C@H]32. The van der Waals surface area contributed by atoms with E-state index >= 15 is 4.79 Å². The van der Waals surface area contributed by atoms with Crippen molar-refractivity contribution in [2.45, 2.75) is 76.2 Å². The number of ether oxygens (including phenoxy) is 3. The summed E-state index contributed by atoms with van der Waals surface area (Å²) in [6.07, 6.45) is 8.61. The second kappa shape index (κ2) is 20.7. The summed E-state index contributed by atoms with van der Waals surface area (Å²) in [4.78, 5) is 22.9. The highest BCUT2D eigenvalue weighted by molar-refractivity contribution is 6.03. The molecule has 0 saturated heterocycles. The predicted molar refractivity (Wildman–Crippen MR) is 248 cm³/mol. The molecule has 0 unspecified atom stereocenters. The van der Waals surface area contributed by atoms with Crippen LogP contribution in [0.1, 0.15) is 84.8 Å². The van der Waals surface area contributed by atoms with Crippen molar-refractivity contribution >= 4 is 22.4 Å².